The van der Waals surface area contributed by atoms with Crippen LogP contribution >= 0.6 is 7.82 Å². The molecule has 0 aliphatic carbocycles. The Morgan fingerprint density at radius 2 is 1.76 bits per heavy atom. The quantitative estimate of drug-likeness (QED) is 0.823. The Hall–Kier alpha value is -0.670. The predicted molar refractivity (Wildman–Crippen MR) is 66.5 cm³/mol. The molecule has 1 N–H and O–H groups in total. The molecule has 17 heavy (non-hydrogen) atoms. The number of hydrogen-bond acceptors (Lipinski definition) is 3. The summed E-state index contributed by atoms with van der Waals surface area (Å²) in [4.78, 5) is 9.45. The third-order valence-electron chi connectivity index (χ3n) is 1.90. The minimum Gasteiger partial charge on any atom is -0.302 e. The van der Waals surface area contributed by atoms with Gasteiger partial charge in [0.15, 0.2) is 0 Å². The van der Waals surface area contributed by atoms with E-state index in [1.54, 1.807) is 0 Å². The van der Waals surface area contributed by atoms with Gasteiger partial charge >= 0.3 is 7.82 Å². The number of hydrogen-bond donors (Lipinski definition) is 1. The van der Waals surface area contributed by atoms with E-state index >= 15 is 0 Å². The first-order valence-electron chi connectivity index (χ1n) is 5.44. The lowest BCUT2D eigenvalue weighted by Gasteiger charge is -2.20. The van der Waals surface area contributed by atoms with Crippen LogP contribution in [0.15, 0.2) is 30.3 Å². The number of phosphoric acid groups is 1. The summed E-state index contributed by atoms with van der Waals surface area (Å²) < 4.78 is 21.3. The maximum Gasteiger partial charge on any atom is 0.472 e. The van der Waals surface area contributed by atoms with Gasteiger partial charge in [0, 0.05) is 0 Å². The van der Waals surface area contributed by atoms with E-state index in [1.165, 1.54) is 0 Å². The van der Waals surface area contributed by atoms with Crippen molar-refractivity contribution in [1.82, 2.24) is 0 Å². The summed E-state index contributed by atoms with van der Waals surface area (Å²) in [5, 5.41) is 0. The van der Waals surface area contributed by atoms with Crippen LogP contribution in [0.5, 0.6) is 0 Å². The van der Waals surface area contributed by atoms with Crippen molar-refractivity contribution in [2.75, 3.05) is 6.61 Å². The van der Waals surface area contributed by atoms with Crippen molar-refractivity contribution in [2.45, 2.75) is 27.4 Å². The maximum atomic E-state index is 11.5. The van der Waals surface area contributed by atoms with E-state index in [0.717, 1.165) is 5.56 Å². The van der Waals surface area contributed by atoms with Crippen molar-refractivity contribution in [1.29, 1.82) is 0 Å². The molecule has 0 amide bonds. The molecule has 0 aromatic heterocycles. The summed E-state index contributed by atoms with van der Waals surface area (Å²) in [5.74, 6) is 0. The first-order valence-corrected chi connectivity index (χ1v) is 6.94. The van der Waals surface area contributed by atoms with Gasteiger partial charge in [-0.15, -0.1) is 0 Å². The summed E-state index contributed by atoms with van der Waals surface area (Å²) >= 11 is 0. The van der Waals surface area contributed by atoms with E-state index in [-0.39, 0.29) is 18.6 Å². The molecule has 4 nitrogen and oxygen atoms in total. The van der Waals surface area contributed by atoms with Crippen LogP contribution in [0, 0.1) is 5.41 Å². The Morgan fingerprint density at radius 3 is 2.29 bits per heavy atom. The number of rotatable bonds is 5. The van der Waals surface area contributed by atoms with Gasteiger partial charge in [-0.25, -0.2) is 4.57 Å². The average Bonchev–Trinajstić information content (AvgIpc) is 2.25. The summed E-state index contributed by atoms with van der Waals surface area (Å²) in [7, 11) is -3.95. The van der Waals surface area contributed by atoms with Crippen LogP contribution in [0.25, 0.3) is 0 Å². The average molecular weight is 258 g/mol. The molecule has 1 atom stereocenters. The van der Waals surface area contributed by atoms with Crippen LogP contribution in [0.4, 0.5) is 0 Å². The van der Waals surface area contributed by atoms with E-state index in [1.807, 2.05) is 51.1 Å². The zero-order chi connectivity index (χ0) is 12.9. The zero-order valence-corrected chi connectivity index (χ0v) is 11.3. The number of phosphoric ester groups is 1. The second kappa shape index (κ2) is 5.78. The van der Waals surface area contributed by atoms with Crippen molar-refractivity contribution in [3.63, 3.8) is 0 Å². The lowest BCUT2D eigenvalue weighted by molar-refractivity contribution is 0.107. The molecule has 0 spiro atoms. The Bertz CT molecular complexity index is 383. The topological polar surface area (TPSA) is 55.8 Å². The molecule has 1 aromatic rings. The normalized spacial score (nSPS) is 15.5. The highest BCUT2D eigenvalue weighted by atomic mass is 31.2. The smallest absolute Gasteiger partial charge is 0.302 e. The van der Waals surface area contributed by atoms with Gasteiger partial charge in [0.05, 0.1) is 13.2 Å². The second-order valence-electron chi connectivity index (χ2n) is 5.06. The lowest BCUT2D eigenvalue weighted by atomic mass is 9.99. The third-order valence-corrected chi connectivity index (χ3v) is 2.81. The van der Waals surface area contributed by atoms with Crippen molar-refractivity contribution < 1.29 is 18.5 Å². The molecule has 1 aromatic carbocycles. The minimum atomic E-state index is -3.95. The molecule has 5 heteroatoms. The molecule has 0 heterocycles. The molecule has 0 saturated heterocycles. The largest absolute Gasteiger partial charge is 0.472 e. The van der Waals surface area contributed by atoms with E-state index in [9.17, 15) is 9.46 Å². The summed E-state index contributed by atoms with van der Waals surface area (Å²) in [6, 6.07) is 9.21. The Morgan fingerprint density at radius 1 is 1.18 bits per heavy atom. The summed E-state index contributed by atoms with van der Waals surface area (Å²) in [6.07, 6.45) is 0. The molecule has 0 aliphatic rings. The van der Waals surface area contributed by atoms with Gasteiger partial charge < -0.3 is 4.89 Å². The zero-order valence-electron chi connectivity index (χ0n) is 10.4. The van der Waals surface area contributed by atoms with Gasteiger partial charge in [0.1, 0.15) is 0 Å². The first kappa shape index (κ1) is 14.4. The summed E-state index contributed by atoms with van der Waals surface area (Å²) in [5.41, 5.74) is 0.662. The van der Waals surface area contributed by atoms with Crippen molar-refractivity contribution >= 4 is 7.82 Å². The highest BCUT2D eigenvalue weighted by Gasteiger charge is 2.24. The van der Waals surface area contributed by atoms with E-state index in [4.69, 9.17) is 9.05 Å². The second-order valence-corrected chi connectivity index (χ2v) is 6.52. The van der Waals surface area contributed by atoms with Crippen molar-refractivity contribution in [3.8, 4) is 0 Å². The van der Waals surface area contributed by atoms with Crippen molar-refractivity contribution in [2.24, 2.45) is 5.41 Å². The van der Waals surface area contributed by atoms with E-state index in [0.29, 0.717) is 0 Å². The molecule has 0 radical (unpaired) electrons. The van der Waals surface area contributed by atoms with Crippen molar-refractivity contribution in [3.05, 3.63) is 35.9 Å². The van der Waals surface area contributed by atoms with Gasteiger partial charge in [-0.3, -0.25) is 9.05 Å². The van der Waals surface area contributed by atoms with E-state index < -0.39 is 7.82 Å². The van der Waals surface area contributed by atoms with Crippen LogP contribution in [0.2, 0.25) is 0 Å². The standard InChI is InChI=1S/C12H19O4P/c1-12(2,3)10-16-17(13,14)15-9-11-7-5-4-6-8-11/h4-8H,9-10H2,1-3H3,(H,13,14). The van der Waals surface area contributed by atoms with Crippen LogP contribution in [-0.4, -0.2) is 11.5 Å². The molecule has 0 bridgehead atoms. The molecule has 1 rings (SSSR count). The Kier molecular flexibility index (Phi) is 4.90. The molecule has 0 fully saturated rings. The first-order chi connectivity index (χ1) is 7.79. The fourth-order valence-electron chi connectivity index (χ4n) is 1.04. The predicted octanol–water partition coefficient (Wildman–Crippen LogP) is 3.37. The molecule has 96 valence electrons. The lowest BCUT2D eigenvalue weighted by Crippen LogP contribution is -2.14. The molecular formula is C12H19O4P. The SMILES string of the molecule is CC(C)(C)COP(=O)(O)OCc1ccccc1. The fourth-order valence-corrected chi connectivity index (χ4v) is 1.98. The van der Waals surface area contributed by atoms with Gasteiger partial charge in [-0.2, -0.15) is 0 Å². The van der Waals surface area contributed by atoms with Crippen LogP contribution in [0.1, 0.15) is 26.3 Å². The maximum absolute atomic E-state index is 11.5. The molecule has 1 unspecified atom stereocenters. The Labute approximate surface area is 102 Å². The Balaban J connectivity index is 2.42. The minimum absolute atomic E-state index is 0.0682. The van der Waals surface area contributed by atoms with Crippen LogP contribution in [-0.2, 0) is 20.2 Å². The van der Waals surface area contributed by atoms with Gasteiger partial charge in [-0.05, 0) is 11.0 Å². The van der Waals surface area contributed by atoms with Gasteiger partial charge in [0.2, 0.25) is 0 Å². The highest BCUT2D eigenvalue weighted by Crippen LogP contribution is 2.45. The molecule has 0 aliphatic heterocycles. The third kappa shape index (κ3) is 6.59. The highest BCUT2D eigenvalue weighted by molar-refractivity contribution is 7.47. The molecular weight excluding hydrogens is 239 g/mol. The van der Waals surface area contributed by atoms with Gasteiger partial charge in [0.25, 0.3) is 0 Å². The van der Waals surface area contributed by atoms with Crippen LogP contribution < -0.4 is 0 Å². The number of benzene rings is 1. The summed E-state index contributed by atoms with van der Waals surface area (Å²) in [6.45, 7) is 6.01. The fraction of sp³-hybridized carbons (Fsp3) is 0.500. The molecule has 0 saturated carbocycles. The monoisotopic (exact) mass is 258 g/mol. The van der Waals surface area contributed by atoms with Gasteiger partial charge in [-0.1, -0.05) is 51.1 Å². The van der Waals surface area contributed by atoms with E-state index in [2.05, 4.69) is 0 Å². The van der Waals surface area contributed by atoms with Crippen LogP contribution in [0.3, 0.4) is 0 Å².